The predicted molar refractivity (Wildman–Crippen MR) is 105 cm³/mol. The van der Waals surface area contributed by atoms with Gasteiger partial charge in [0.25, 0.3) is 0 Å². The molecule has 0 radical (unpaired) electrons. The van der Waals surface area contributed by atoms with Gasteiger partial charge in [-0.25, -0.2) is 4.57 Å². The lowest BCUT2D eigenvalue weighted by Gasteiger charge is -2.10. The van der Waals surface area contributed by atoms with Crippen LogP contribution in [-0.2, 0) is 7.05 Å². The Hall–Kier alpha value is -3.27. The fourth-order valence-electron chi connectivity index (χ4n) is 3.91. The molecule has 0 unspecified atom stereocenters. The minimum atomic E-state index is -0.535. The van der Waals surface area contributed by atoms with Gasteiger partial charge in [-0.2, -0.15) is 9.37 Å². The van der Waals surface area contributed by atoms with E-state index in [2.05, 4.69) is 53.9 Å². The number of benzene rings is 2. The molecule has 132 valence electrons. The third kappa shape index (κ3) is 2.26. The van der Waals surface area contributed by atoms with Crippen LogP contribution < -0.4 is 4.57 Å². The number of hydrogen-bond donors (Lipinski definition) is 0. The van der Waals surface area contributed by atoms with E-state index in [0.29, 0.717) is 5.71 Å². The second-order valence-electron chi connectivity index (χ2n) is 7.02. The van der Waals surface area contributed by atoms with Crippen LogP contribution in [0.5, 0.6) is 0 Å². The third-order valence-corrected chi connectivity index (χ3v) is 5.40. The molecule has 2 aromatic carbocycles. The second kappa shape index (κ2) is 5.61. The zero-order valence-electron chi connectivity index (χ0n) is 15.4. The van der Waals surface area contributed by atoms with Crippen molar-refractivity contribution >= 4 is 32.8 Å². The number of halogens is 1. The summed E-state index contributed by atoms with van der Waals surface area (Å²) >= 11 is 0. The molecule has 0 amide bonds. The summed E-state index contributed by atoms with van der Waals surface area (Å²) in [5.74, 6) is -0.535. The molecule has 0 bridgehead atoms. The summed E-state index contributed by atoms with van der Waals surface area (Å²) in [7, 11) is 2.04. The van der Waals surface area contributed by atoms with Crippen molar-refractivity contribution in [2.24, 2.45) is 7.05 Å². The molecular weight excluding hydrogens is 339 g/mol. The maximum absolute atomic E-state index is 13.6. The zero-order valence-corrected chi connectivity index (χ0v) is 15.4. The second-order valence-corrected chi connectivity index (χ2v) is 7.02. The number of aromatic nitrogens is 2. The molecule has 0 fully saturated rings. The lowest BCUT2D eigenvalue weighted by molar-refractivity contribution is -0.659. The van der Waals surface area contributed by atoms with Crippen LogP contribution in [0.1, 0.15) is 11.1 Å². The first kappa shape index (κ1) is 15.9. The van der Waals surface area contributed by atoms with Crippen molar-refractivity contribution in [2.45, 2.75) is 13.8 Å². The molecule has 0 atom stereocenters. The monoisotopic (exact) mass is 357 g/mol. The fourth-order valence-corrected chi connectivity index (χ4v) is 3.91. The summed E-state index contributed by atoms with van der Waals surface area (Å²) in [5.41, 5.74) is 5.50. The van der Waals surface area contributed by atoms with Crippen molar-refractivity contribution in [3.8, 4) is 11.3 Å². The molecule has 0 saturated carbocycles. The molecule has 0 N–H and O–H groups in total. The predicted octanol–water partition coefficient (Wildman–Crippen LogP) is 5.38. The molecule has 0 aliphatic heterocycles. The fraction of sp³-hybridized carbons (Fsp3) is 0.130. The first-order valence-electron chi connectivity index (χ1n) is 8.91. The van der Waals surface area contributed by atoms with Crippen molar-refractivity contribution in [1.82, 2.24) is 4.98 Å². The molecule has 5 rings (SSSR count). The number of furan rings is 1. The Kier molecular flexibility index (Phi) is 3.31. The summed E-state index contributed by atoms with van der Waals surface area (Å²) in [5, 5.41) is 4.11. The van der Waals surface area contributed by atoms with Crippen LogP contribution in [0.3, 0.4) is 0 Å². The SMILES string of the molecule is Cc1cc2c(oc3nc(F)ccc32)c(-c2c3ccccc3cc[n+]2C)c1C. The van der Waals surface area contributed by atoms with Gasteiger partial charge in [-0.1, -0.05) is 18.2 Å². The molecule has 0 aliphatic carbocycles. The Morgan fingerprint density at radius 3 is 2.63 bits per heavy atom. The normalized spacial score (nSPS) is 11.7. The van der Waals surface area contributed by atoms with Crippen LogP contribution in [0.4, 0.5) is 4.39 Å². The van der Waals surface area contributed by atoms with E-state index in [1.165, 1.54) is 11.5 Å². The van der Waals surface area contributed by atoms with E-state index >= 15 is 0 Å². The van der Waals surface area contributed by atoms with Crippen molar-refractivity contribution in [3.05, 3.63) is 71.8 Å². The highest BCUT2D eigenvalue weighted by Crippen LogP contribution is 2.39. The van der Waals surface area contributed by atoms with Gasteiger partial charge < -0.3 is 4.42 Å². The van der Waals surface area contributed by atoms with Crippen LogP contribution in [0, 0.1) is 19.8 Å². The highest BCUT2D eigenvalue weighted by atomic mass is 19.1. The van der Waals surface area contributed by atoms with Gasteiger partial charge >= 0.3 is 0 Å². The Morgan fingerprint density at radius 1 is 0.963 bits per heavy atom. The van der Waals surface area contributed by atoms with Gasteiger partial charge in [-0.05, 0) is 54.6 Å². The molecular formula is C23H18FN2O+. The van der Waals surface area contributed by atoms with Crippen LogP contribution in [0.2, 0.25) is 0 Å². The van der Waals surface area contributed by atoms with E-state index in [-0.39, 0.29) is 0 Å². The average molecular weight is 357 g/mol. The summed E-state index contributed by atoms with van der Waals surface area (Å²) < 4.78 is 21.9. The Morgan fingerprint density at radius 2 is 1.78 bits per heavy atom. The van der Waals surface area contributed by atoms with E-state index < -0.39 is 5.95 Å². The molecule has 0 saturated heterocycles. The largest absolute Gasteiger partial charge is 0.437 e. The first-order valence-corrected chi connectivity index (χ1v) is 8.91. The number of nitrogens with zero attached hydrogens (tertiary/aromatic N) is 2. The number of aryl methyl sites for hydroxylation is 2. The Labute approximate surface area is 155 Å². The van der Waals surface area contributed by atoms with Gasteiger partial charge in [-0.3, -0.25) is 0 Å². The van der Waals surface area contributed by atoms with Crippen LogP contribution in [-0.4, -0.2) is 4.98 Å². The van der Waals surface area contributed by atoms with E-state index in [1.54, 1.807) is 6.07 Å². The van der Waals surface area contributed by atoms with Crippen molar-refractivity contribution in [3.63, 3.8) is 0 Å². The van der Waals surface area contributed by atoms with Crippen molar-refractivity contribution in [1.29, 1.82) is 0 Å². The van der Waals surface area contributed by atoms with E-state index in [0.717, 1.165) is 44.1 Å². The molecule has 3 aromatic heterocycles. The average Bonchev–Trinajstić information content (AvgIpc) is 3.00. The number of fused-ring (bicyclic) bond motifs is 4. The summed E-state index contributed by atoms with van der Waals surface area (Å²) in [6.07, 6.45) is 2.06. The molecule has 0 aliphatic rings. The maximum Gasteiger partial charge on any atom is 0.229 e. The third-order valence-electron chi connectivity index (χ3n) is 5.40. The minimum absolute atomic E-state index is 0.333. The number of hydrogen-bond acceptors (Lipinski definition) is 2. The van der Waals surface area contributed by atoms with Gasteiger partial charge in [0, 0.05) is 16.8 Å². The van der Waals surface area contributed by atoms with Gasteiger partial charge in [-0.15, -0.1) is 0 Å². The van der Waals surface area contributed by atoms with E-state index in [9.17, 15) is 4.39 Å². The summed E-state index contributed by atoms with van der Waals surface area (Å²) in [4.78, 5) is 3.95. The van der Waals surface area contributed by atoms with E-state index in [1.807, 2.05) is 19.2 Å². The van der Waals surface area contributed by atoms with Gasteiger partial charge in [0.1, 0.15) is 7.05 Å². The van der Waals surface area contributed by atoms with Crippen LogP contribution in [0.15, 0.2) is 59.1 Å². The molecule has 27 heavy (non-hydrogen) atoms. The highest BCUT2D eigenvalue weighted by molar-refractivity contribution is 6.11. The first-order chi connectivity index (χ1) is 13.0. The van der Waals surface area contributed by atoms with Crippen molar-refractivity contribution < 1.29 is 13.4 Å². The Bertz CT molecular complexity index is 1370. The number of pyridine rings is 2. The quantitative estimate of drug-likeness (QED) is 0.298. The summed E-state index contributed by atoms with van der Waals surface area (Å²) in [6.45, 7) is 4.20. The minimum Gasteiger partial charge on any atom is -0.437 e. The van der Waals surface area contributed by atoms with Gasteiger partial charge in [0.05, 0.1) is 10.9 Å². The van der Waals surface area contributed by atoms with Crippen LogP contribution in [0.25, 0.3) is 44.1 Å². The molecule has 3 heterocycles. The highest BCUT2D eigenvalue weighted by Gasteiger charge is 2.24. The molecule has 5 aromatic rings. The van der Waals surface area contributed by atoms with Crippen LogP contribution >= 0.6 is 0 Å². The topological polar surface area (TPSA) is 29.9 Å². The number of rotatable bonds is 1. The molecule has 3 nitrogen and oxygen atoms in total. The van der Waals surface area contributed by atoms with Crippen molar-refractivity contribution in [2.75, 3.05) is 0 Å². The Balaban J connectivity index is 2.01. The van der Waals surface area contributed by atoms with Gasteiger partial charge in [0.15, 0.2) is 11.8 Å². The maximum atomic E-state index is 13.6. The van der Waals surface area contributed by atoms with Gasteiger partial charge in [0.2, 0.25) is 17.4 Å². The van der Waals surface area contributed by atoms with E-state index in [4.69, 9.17) is 4.42 Å². The smallest absolute Gasteiger partial charge is 0.229 e. The zero-order chi connectivity index (χ0) is 18.7. The lowest BCUT2D eigenvalue weighted by Crippen LogP contribution is -2.30. The summed E-state index contributed by atoms with van der Waals surface area (Å²) in [6, 6.07) is 15.6. The lowest BCUT2D eigenvalue weighted by atomic mass is 9.94. The standard InChI is InChI=1S/C23H18FN2O/c1-13-12-18-17-8-9-19(24)25-23(17)27-22(18)20(14(13)2)21-16-7-5-4-6-15(16)10-11-26(21)3/h4-12H,1-3H3/q+1. The molecule has 4 heteroatoms. The molecule has 0 spiro atoms.